The fourth-order valence-corrected chi connectivity index (χ4v) is 2.65. The molecule has 1 aliphatic heterocycles. The van der Waals surface area contributed by atoms with E-state index in [1.54, 1.807) is 19.2 Å². The number of anilines is 2. The summed E-state index contributed by atoms with van der Waals surface area (Å²) in [5.41, 5.74) is 0.607. The van der Waals surface area contributed by atoms with Crippen LogP contribution < -0.4 is 9.80 Å². The zero-order chi connectivity index (χ0) is 17.6. The predicted molar refractivity (Wildman–Crippen MR) is 103 cm³/mol. The second-order valence-electron chi connectivity index (χ2n) is 5.93. The molecule has 0 N–H and O–H groups in total. The molecule has 1 aromatic heterocycles. The lowest BCUT2D eigenvalue weighted by molar-refractivity contribution is 0.0991. The number of carbonyl (C=O) groups excluding carboxylic acids is 1. The quantitative estimate of drug-likeness (QED) is 0.796. The van der Waals surface area contributed by atoms with Crippen LogP contribution in [0, 0.1) is 0 Å². The first-order valence-electron chi connectivity index (χ1n) is 8.59. The third kappa shape index (κ3) is 4.68. The molecule has 26 heavy (non-hydrogen) atoms. The van der Waals surface area contributed by atoms with Crippen molar-refractivity contribution in [1.82, 2.24) is 15.0 Å². The Morgan fingerprint density at radius 3 is 2.50 bits per heavy atom. The summed E-state index contributed by atoms with van der Waals surface area (Å²) in [5.74, 6) is 1.57. The van der Waals surface area contributed by atoms with Crippen molar-refractivity contribution in [1.29, 1.82) is 0 Å². The van der Waals surface area contributed by atoms with E-state index in [0.717, 1.165) is 25.9 Å². The maximum atomic E-state index is 12.7. The molecule has 0 unspecified atom stereocenters. The smallest absolute Gasteiger partial charge is 0.260 e. The van der Waals surface area contributed by atoms with E-state index in [1.165, 1.54) is 4.90 Å². The average Bonchev–Trinajstić information content (AvgIpc) is 2.68. The van der Waals surface area contributed by atoms with Crippen molar-refractivity contribution >= 4 is 30.2 Å². The number of morpholine rings is 1. The van der Waals surface area contributed by atoms with Crippen LogP contribution in [-0.4, -0.2) is 54.2 Å². The first-order valence-corrected chi connectivity index (χ1v) is 8.59. The Kier molecular flexibility index (Phi) is 7.29. The highest BCUT2D eigenvalue weighted by atomic mass is 35.5. The summed E-state index contributed by atoms with van der Waals surface area (Å²) in [6.07, 6.45) is 1.68. The number of hydrogen-bond donors (Lipinski definition) is 0. The van der Waals surface area contributed by atoms with Gasteiger partial charge in [0.2, 0.25) is 11.9 Å². The summed E-state index contributed by atoms with van der Waals surface area (Å²) in [4.78, 5) is 29.9. The zero-order valence-corrected chi connectivity index (χ0v) is 15.9. The van der Waals surface area contributed by atoms with Crippen molar-refractivity contribution in [2.45, 2.75) is 19.8 Å². The van der Waals surface area contributed by atoms with Gasteiger partial charge in [-0.15, -0.1) is 12.4 Å². The Labute approximate surface area is 159 Å². The number of nitrogens with zero attached hydrogens (tertiary/aromatic N) is 5. The number of halogens is 1. The number of ether oxygens (including phenoxy) is 1. The van der Waals surface area contributed by atoms with Crippen molar-refractivity contribution in [2.24, 2.45) is 0 Å². The minimum absolute atomic E-state index is 0. The molecule has 1 aromatic carbocycles. The van der Waals surface area contributed by atoms with Crippen molar-refractivity contribution in [3.8, 4) is 0 Å². The van der Waals surface area contributed by atoms with E-state index in [1.807, 2.05) is 18.2 Å². The summed E-state index contributed by atoms with van der Waals surface area (Å²) in [5, 5.41) is 0. The molecule has 3 rings (SSSR count). The lowest BCUT2D eigenvalue weighted by Crippen LogP contribution is -2.38. The second kappa shape index (κ2) is 9.45. The van der Waals surface area contributed by atoms with Gasteiger partial charge in [0.05, 0.1) is 13.2 Å². The van der Waals surface area contributed by atoms with E-state index >= 15 is 0 Å². The average molecular weight is 378 g/mol. The Balaban J connectivity index is 0.00000243. The molecule has 1 aliphatic rings. The van der Waals surface area contributed by atoms with Crippen molar-refractivity contribution < 1.29 is 9.53 Å². The summed E-state index contributed by atoms with van der Waals surface area (Å²) < 4.78 is 5.40. The van der Waals surface area contributed by atoms with Crippen LogP contribution in [-0.2, 0) is 11.2 Å². The van der Waals surface area contributed by atoms with Gasteiger partial charge >= 0.3 is 0 Å². The molecule has 2 aromatic rings. The number of aromatic nitrogens is 3. The van der Waals surface area contributed by atoms with E-state index in [9.17, 15) is 4.79 Å². The highest BCUT2D eigenvalue weighted by Crippen LogP contribution is 2.17. The molecule has 8 heteroatoms. The molecule has 1 saturated heterocycles. The van der Waals surface area contributed by atoms with Crippen molar-refractivity contribution in [2.75, 3.05) is 43.2 Å². The van der Waals surface area contributed by atoms with Crippen molar-refractivity contribution in [3.05, 3.63) is 41.7 Å². The number of aryl methyl sites for hydroxylation is 1. The first kappa shape index (κ1) is 20.1. The molecule has 0 saturated carbocycles. The summed E-state index contributed by atoms with van der Waals surface area (Å²) >= 11 is 0. The zero-order valence-electron chi connectivity index (χ0n) is 15.1. The molecular weight excluding hydrogens is 354 g/mol. The van der Waals surface area contributed by atoms with Crippen LogP contribution in [0.3, 0.4) is 0 Å². The van der Waals surface area contributed by atoms with E-state index in [-0.39, 0.29) is 18.3 Å². The van der Waals surface area contributed by atoms with Gasteiger partial charge in [-0.3, -0.25) is 9.69 Å². The molecule has 0 bridgehead atoms. The van der Waals surface area contributed by atoms with Gasteiger partial charge < -0.3 is 9.64 Å². The Hall–Kier alpha value is -2.25. The van der Waals surface area contributed by atoms with E-state index in [0.29, 0.717) is 36.5 Å². The van der Waals surface area contributed by atoms with Gasteiger partial charge in [0.25, 0.3) is 5.91 Å². The van der Waals surface area contributed by atoms with E-state index in [2.05, 4.69) is 26.8 Å². The fraction of sp³-hybridized carbons (Fsp3) is 0.444. The molecule has 1 fully saturated rings. The third-order valence-corrected chi connectivity index (χ3v) is 4.05. The summed E-state index contributed by atoms with van der Waals surface area (Å²) in [6, 6.07) is 9.15. The lowest BCUT2D eigenvalue weighted by Gasteiger charge is -2.27. The predicted octanol–water partition coefficient (Wildman–Crippen LogP) is 2.36. The SMILES string of the molecule is CCCc1nc(N2CCOCC2)nc(N(C)C(=O)c2ccccc2)n1.Cl. The molecular formula is C18H24ClN5O2. The van der Waals surface area contributed by atoms with E-state index in [4.69, 9.17) is 4.74 Å². The summed E-state index contributed by atoms with van der Waals surface area (Å²) in [6.45, 7) is 4.87. The minimum Gasteiger partial charge on any atom is -0.378 e. The van der Waals surface area contributed by atoms with Crippen LogP contribution in [0.15, 0.2) is 30.3 Å². The number of amides is 1. The Bertz CT molecular complexity index is 723. The number of benzene rings is 1. The number of hydrogen-bond acceptors (Lipinski definition) is 6. The highest BCUT2D eigenvalue weighted by Gasteiger charge is 2.21. The molecule has 140 valence electrons. The molecule has 1 amide bonds. The van der Waals surface area contributed by atoms with Crippen LogP contribution in [0.1, 0.15) is 29.5 Å². The van der Waals surface area contributed by atoms with Crippen LogP contribution in [0.4, 0.5) is 11.9 Å². The summed E-state index contributed by atoms with van der Waals surface area (Å²) in [7, 11) is 1.70. The first-order chi connectivity index (χ1) is 12.2. The molecule has 0 atom stereocenters. The monoisotopic (exact) mass is 377 g/mol. The standard InChI is InChI=1S/C18H23N5O2.ClH/c1-3-7-15-19-17(21-18(20-15)23-10-12-25-13-11-23)22(2)16(24)14-8-5-4-6-9-14;/h4-6,8-9H,3,7,10-13H2,1-2H3;1H. The minimum atomic E-state index is -0.137. The van der Waals surface area contributed by atoms with Gasteiger partial charge in [0.1, 0.15) is 5.82 Å². The highest BCUT2D eigenvalue weighted by molar-refractivity contribution is 6.04. The lowest BCUT2D eigenvalue weighted by atomic mass is 10.2. The van der Waals surface area contributed by atoms with Crippen molar-refractivity contribution in [3.63, 3.8) is 0 Å². The fourth-order valence-electron chi connectivity index (χ4n) is 2.65. The normalized spacial score (nSPS) is 13.8. The molecule has 0 aliphatic carbocycles. The van der Waals surface area contributed by atoms with E-state index < -0.39 is 0 Å². The van der Waals surface area contributed by atoms with Crippen LogP contribution in [0.25, 0.3) is 0 Å². The van der Waals surface area contributed by atoms with Crippen LogP contribution in [0.2, 0.25) is 0 Å². The molecule has 7 nitrogen and oxygen atoms in total. The number of carbonyl (C=O) groups is 1. The molecule has 0 spiro atoms. The van der Waals surface area contributed by atoms with Gasteiger partial charge in [-0.05, 0) is 18.6 Å². The number of rotatable bonds is 5. The van der Waals surface area contributed by atoms with Gasteiger partial charge in [0.15, 0.2) is 0 Å². The van der Waals surface area contributed by atoms with Crippen LogP contribution >= 0.6 is 12.4 Å². The topological polar surface area (TPSA) is 71.5 Å². The van der Waals surface area contributed by atoms with Gasteiger partial charge in [0, 0.05) is 32.1 Å². The Morgan fingerprint density at radius 1 is 1.15 bits per heavy atom. The maximum absolute atomic E-state index is 12.7. The third-order valence-electron chi connectivity index (χ3n) is 4.05. The molecule has 2 heterocycles. The molecule has 0 radical (unpaired) electrons. The van der Waals surface area contributed by atoms with Crippen LogP contribution in [0.5, 0.6) is 0 Å². The Morgan fingerprint density at radius 2 is 1.85 bits per heavy atom. The maximum Gasteiger partial charge on any atom is 0.260 e. The van der Waals surface area contributed by atoms with Gasteiger partial charge in [-0.25, -0.2) is 0 Å². The largest absolute Gasteiger partial charge is 0.378 e. The van der Waals surface area contributed by atoms with Gasteiger partial charge in [-0.2, -0.15) is 15.0 Å². The van der Waals surface area contributed by atoms with Gasteiger partial charge in [-0.1, -0.05) is 25.1 Å². The second-order valence-corrected chi connectivity index (χ2v) is 5.93.